The van der Waals surface area contributed by atoms with Gasteiger partial charge in [-0.25, -0.2) is 4.98 Å². The van der Waals surface area contributed by atoms with Gasteiger partial charge < -0.3 is 9.47 Å². The van der Waals surface area contributed by atoms with E-state index in [1.54, 1.807) is 7.11 Å². The minimum absolute atomic E-state index is 0.0806. The predicted molar refractivity (Wildman–Crippen MR) is 58.0 cm³/mol. The molecule has 0 aliphatic carbocycles. The number of methoxy groups -OCH3 is 1. The molecule has 0 aromatic carbocycles. The first-order valence-electron chi connectivity index (χ1n) is 5.26. The van der Waals surface area contributed by atoms with E-state index in [2.05, 4.69) is 24.9 Å². The van der Waals surface area contributed by atoms with Gasteiger partial charge in [-0.3, -0.25) is 0 Å². The summed E-state index contributed by atoms with van der Waals surface area (Å²) in [7, 11) is 1.69. The molecule has 0 amide bonds. The van der Waals surface area contributed by atoms with Gasteiger partial charge >= 0.3 is 0 Å². The Morgan fingerprint density at radius 3 is 3.07 bits per heavy atom. The van der Waals surface area contributed by atoms with Gasteiger partial charge in [0, 0.05) is 18.9 Å². The van der Waals surface area contributed by atoms with Gasteiger partial charge in [-0.15, -0.1) is 0 Å². The molecule has 0 atom stereocenters. The molecular weight excluding hydrogens is 190 g/mol. The van der Waals surface area contributed by atoms with E-state index in [0.29, 0.717) is 6.61 Å². The van der Waals surface area contributed by atoms with Gasteiger partial charge in [-0.2, -0.15) is 0 Å². The van der Waals surface area contributed by atoms with Crippen LogP contribution in [0.5, 0.6) is 5.88 Å². The van der Waals surface area contributed by atoms with Crippen LogP contribution in [0.3, 0.4) is 0 Å². The summed E-state index contributed by atoms with van der Waals surface area (Å²) in [5, 5.41) is 0. The van der Waals surface area contributed by atoms with Crippen molar-refractivity contribution in [1.29, 1.82) is 0 Å². The van der Waals surface area contributed by atoms with Crippen molar-refractivity contribution in [2.24, 2.45) is 0 Å². The van der Waals surface area contributed by atoms with Crippen LogP contribution in [-0.4, -0.2) is 17.7 Å². The molecule has 1 aromatic heterocycles. The third-order valence-corrected chi connectivity index (χ3v) is 2.66. The normalized spacial score (nSPS) is 18.1. The van der Waals surface area contributed by atoms with Crippen LogP contribution in [0.4, 0.5) is 0 Å². The molecular formula is C12H17NO2. The summed E-state index contributed by atoms with van der Waals surface area (Å²) in [6.07, 6.45) is 3.90. The highest BCUT2D eigenvalue weighted by atomic mass is 16.5. The Kier molecular flexibility index (Phi) is 2.65. The molecule has 1 aliphatic rings. The Morgan fingerprint density at radius 1 is 1.53 bits per heavy atom. The maximum absolute atomic E-state index is 5.80. The van der Waals surface area contributed by atoms with Crippen molar-refractivity contribution in [3.8, 4) is 5.88 Å². The zero-order valence-corrected chi connectivity index (χ0v) is 9.54. The number of rotatable bonds is 2. The standard InChI is InChI=1S/C12H17NO2/c1-12(2)5-4-10-6-9(8-14-3)7-13-11(10)15-12/h6-7H,4-5,8H2,1-3H3. The highest BCUT2D eigenvalue weighted by Crippen LogP contribution is 2.31. The lowest BCUT2D eigenvalue weighted by atomic mass is 9.95. The third kappa shape index (κ3) is 2.29. The molecule has 15 heavy (non-hydrogen) atoms. The first kappa shape index (κ1) is 10.4. The molecule has 0 fully saturated rings. The molecule has 0 saturated carbocycles. The van der Waals surface area contributed by atoms with Gasteiger partial charge in [-0.05, 0) is 38.3 Å². The molecule has 0 radical (unpaired) electrons. The van der Waals surface area contributed by atoms with Crippen molar-refractivity contribution in [2.45, 2.75) is 38.9 Å². The Morgan fingerprint density at radius 2 is 2.33 bits per heavy atom. The molecule has 0 spiro atoms. The summed E-state index contributed by atoms with van der Waals surface area (Å²) >= 11 is 0. The second-order valence-electron chi connectivity index (χ2n) is 4.60. The van der Waals surface area contributed by atoms with E-state index in [1.807, 2.05) is 6.20 Å². The summed E-state index contributed by atoms with van der Waals surface area (Å²) in [5.74, 6) is 0.783. The van der Waals surface area contributed by atoms with Gasteiger partial charge in [0.15, 0.2) is 0 Å². The minimum Gasteiger partial charge on any atom is -0.471 e. The SMILES string of the molecule is COCc1cnc2c(c1)CCC(C)(C)O2. The lowest BCUT2D eigenvalue weighted by Crippen LogP contribution is -2.33. The van der Waals surface area contributed by atoms with E-state index < -0.39 is 0 Å². The Balaban J connectivity index is 2.24. The highest BCUT2D eigenvalue weighted by molar-refractivity contribution is 5.32. The van der Waals surface area contributed by atoms with Crippen LogP contribution in [0, 0.1) is 0 Å². The lowest BCUT2D eigenvalue weighted by molar-refractivity contribution is 0.0780. The number of pyridine rings is 1. The second kappa shape index (κ2) is 3.81. The van der Waals surface area contributed by atoms with Crippen molar-refractivity contribution in [3.05, 3.63) is 23.4 Å². The molecule has 0 N–H and O–H groups in total. The maximum atomic E-state index is 5.80. The molecule has 2 heterocycles. The molecule has 1 aliphatic heterocycles. The van der Waals surface area contributed by atoms with Crippen molar-refractivity contribution in [2.75, 3.05) is 7.11 Å². The summed E-state index contributed by atoms with van der Waals surface area (Å²) in [6.45, 7) is 4.81. The zero-order chi connectivity index (χ0) is 10.9. The lowest BCUT2D eigenvalue weighted by Gasteiger charge is -2.31. The van der Waals surface area contributed by atoms with Gasteiger partial charge in [-0.1, -0.05) is 0 Å². The van der Waals surface area contributed by atoms with Crippen molar-refractivity contribution in [1.82, 2.24) is 4.98 Å². The van der Waals surface area contributed by atoms with Gasteiger partial charge in [0.05, 0.1) is 6.61 Å². The van der Waals surface area contributed by atoms with E-state index in [4.69, 9.17) is 9.47 Å². The molecule has 0 bridgehead atoms. The first-order valence-corrected chi connectivity index (χ1v) is 5.26. The smallest absolute Gasteiger partial charge is 0.217 e. The number of fused-ring (bicyclic) bond motifs is 1. The Bertz CT molecular complexity index is 361. The first-order chi connectivity index (χ1) is 7.11. The zero-order valence-electron chi connectivity index (χ0n) is 9.54. The van der Waals surface area contributed by atoms with E-state index in [1.165, 1.54) is 5.56 Å². The van der Waals surface area contributed by atoms with Crippen molar-refractivity contribution >= 4 is 0 Å². The van der Waals surface area contributed by atoms with Gasteiger partial charge in [0.2, 0.25) is 5.88 Å². The maximum Gasteiger partial charge on any atom is 0.217 e. The van der Waals surface area contributed by atoms with E-state index in [0.717, 1.165) is 24.3 Å². The molecule has 82 valence electrons. The molecule has 0 saturated heterocycles. The monoisotopic (exact) mass is 207 g/mol. The fourth-order valence-electron chi connectivity index (χ4n) is 1.81. The molecule has 1 aromatic rings. The number of aryl methyl sites for hydroxylation is 1. The van der Waals surface area contributed by atoms with Crippen molar-refractivity contribution < 1.29 is 9.47 Å². The number of aromatic nitrogens is 1. The summed E-state index contributed by atoms with van der Waals surface area (Å²) in [5.41, 5.74) is 2.23. The number of hydrogen-bond donors (Lipinski definition) is 0. The topological polar surface area (TPSA) is 31.4 Å². The third-order valence-electron chi connectivity index (χ3n) is 2.66. The average molecular weight is 207 g/mol. The quantitative estimate of drug-likeness (QED) is 0.745. The van der Waals surface area contributed by atoms with Crippen LogP contribution in [-0.2, 0) is 17.8 Å². The Hall–Kier alpha value is -1.09. The predicted octanol–water partition coefficient (Wildman–Crippen LogP) is 2.33. The summed E-state index contributed by atoms with van der Waals surface area (Å²) in [4.78, 5) is 4.33. The van der Waals surface area contributed by atoms with E-state index in [-0.39, 0.29) is 5.60 Å². The van der Waals surface area contributed by atoms with Crippen LogP contribution in [0.15, 0.2) is 12.3 Å². The van der Waals surface area contributed by atoms with Gasteiger partial charge in [0.25, 0.3) is 0 Å². The molecule has 2 rings (SSSR count). The van der Waals surface area contributed by atoms with Crippen LogP contribution in [0.25, 0.3) is 0 Å². The fraction of sp³-hybridized carbons (Fsp3) is 0.583. The number of nitrogens with zero attached hydrogens (tertiary/aromatic N) is 1. The minimum atomic E-state index is -0.0806. The molecule has 3 heteroatoms. The van der Waals surface area contributed by atoms with E-state index >= 15 is 0 Å². The van der Waals surface area contributed by atoms with Crippen LogP contribution in [0.1, 0.15) is 31.4 Å². The van der Waals surface area contributed by atoms with Crippen LogP contribution >= 0.6 is 0 Å². The Labute approximate surface area is 90.4 Å². The van der Waals surface area contributed by atoms with E-state index in [9.17, 15) is 0 Å². The number of hydrogen-bond acceptors (Lipinski definition) is 3. The van der Waals surface area contributed by atoms with Crippen LogP contribution in [0.2, 0.25) is 0 Å². The average Bonchev–Trinajstić information content (AvgIpc) is 2.18. The highest BCUT2D eigenvalue weighted by Gasteiger charge is 2.27. The summed E-state index contributed by atoms with van der Waals surface area (Å²) < 4.78 is 10.9. The molecule has 3 nitrogen and oxygen atoms in total. The second-order valence-corrected chi connectivity index (χ2v) is 4.60. The summed E-state index contributed by atoms with van der Waals surface area (Å²) in [6, 6.07) is 2.13. The fourth-order valence-corrected chi connectivity index (χ4v) is 1.81. The van der Waals surface area contributed by atoms with Crippen LogP contribution < -0.4 is 4.74 Å². The largest absolute Gasteiger partial charge is 0.471 e. The van der Waals surface area contributed by atoms with Gasteiger partial charge in [0.1, 0.15) is 5.60 Å². The molecule has 0 unspecified atom stereocenters. The van der Waals surface area contributed by atoms with Crippen molar-refractivity contribution in [3.63, 3.8) is 0 Å². The number of ether oxygens (including phenoxy) is 2.